The van der Waals surface area contributed by atoms with Crippen LogP contribution in [0, 0.1) is 0 Å². The van der Waals surface area contributed by atoms with Crippen LogP contribution in [0.25, 0.3) is 0 Å². The predicted molar refractivity (Wildman–Crippen MR) is 137 cm³/mol. The van der Waals surface area contributed by atoms with E-state index in [1.165, 1.54) is 46.1 Å². The lowest BCUT2D eigenvalue weighted by Crippen LogP contribution is -2.66. The van der Waals surface area contributed by atoms with Gasteiger partial charge in [0.1, 0.15) is 6.17 Å². The number of hydrogen-bond donors (Lipinski definition) is 1. The summed E-state index contributed by atoms with van der Waals surface area (Å²) in [4.78, 5) is 28.9. The first kappa shape index (κ1) is 22.0. The van der Waals surface area contributed by atoms with Crippen LogP contribution < -0.4 is 10.4 Å². The van der Waals surface area contributed by atoms with Crippen molar-refractivity contribution in [2.45, 2.75) is 48.5 Å². The van der Waals surface area contributed by atoms with E-state index in [2.05, 4.69) is 41.4 Å². The van der Waals surface area contributed by atoms with Gasteiger partial charge < -0.3 is 14.7 Å². The van der Waals surface area contributed by atoms with Crippen LogP contribution in [0.3, 0.4) is 0 Å². The lowest BCUT2D eigenvalue weighted by molar-refractivity contribution is -0.0197. The van der Waals surface area contributed by atoms with Gasteiger partial charge in [0.05, 0.1) is 19.3 Å². The first-order valence-corrected chi connectivity index (χ1v) is 13.6. The summed E-state index contributed by atoms with van der Waals surface area (Å²) in [6.07, 6.45) is 5.87. The van der Waals surface area contributed by atoms with Crippen molar-refractivity contribution < 1.29 is 14.6 Å². The molecular weight excluding hydrogens is 474 g/mol. The van der Waals surface area contributed by atoms with Crippen LogP contribution in [-0.4, -0.2) is 46.5 Å². The van der Waals surface area contributed by atoms with Crippen LogP contribution in [0.2, 0.25) is 0 Å². The van der Waals surface area contributed by atoms with Crippen molar-refractivity contribution in [3.05, 3.63) is 92.4 Å². The van der Waals surface area contributed by atoms with Gasteiger partial charge in [0.15, 0.2) is 11.4 Å². The molecule has 1 aliphatic carbocycles. The molecule has 4 aliphatic rings. The normalized spacial score (nSPS) is 22.6. The highest BCUT2D eigenvalue weighted by Gasteiger charge is 2.45. The highest BCUT2D eigenvalue weighted by molar-refractivity contribution is 7.98. The molecule has 3 aliphatic heterocycles. The van der Waals surface area contributed by atoms with E-state index in [1.54, 1.807) is 15.8 Å². The van der Waals surface area contributed by atoms with Crippen LogP contribution in [0.5, 0.6) is 5.75 Å². The van der Waals surface area contributed by atoms with Crippen LogP contribution >= 0.6 is 11.8 Å². The maximum atomic E-state index is 13.5. The minimum absolute atomic E-state index is 0.0227. The van der Waals surface area contributed by atoms with Gasteiger partial charge in [-0.2, -0.15) is 0 Å². The van der Waals surface area contributed by atoms with Crippen LogP contribution in [0.4, 0.5) is 0 Å². The summed E-state index contributed by atoms with van der Waals surface area (Å²) in [7, 11) is 0. The molecule has 0 bridgehead atoms. The van der Waals surface area contributed by atoms with E-state index in [-0.39, 0.29) is 23.8 Å². The van der Waals surface area contributed by atoms with E-state index in [4.69, 9.17) is 4.74 Å². The number of carbonyl (C=O) groups excluding carboxylic acids is 1. The van der Waals surface area contributed by atoms with Gasteiger partial charge in [0.25, 0.3) is 5.91 Å². The zero-order valence-electron chi connectivity index (χ0n) is 19.9. The predicted octanol–water partition coefficient (Wildman–Crippen LogP) is 3.58. The van der Waals surface area contributed by atoms with Gasteiger partial charge in [-0.1, -0.05) is 30.3 Å². The number of carbonyl (C=O) groups is 1. The second-order valence-corrected chi connectivity index (χ2v) is 10.9. The number of fused-ring (bicyclic) bond motifs is 5. The van der Waals surface area contributed by atoms with Gasteiger partial charge in [0, 0.05) is 29.5 Å². The van der Waals surface area contributed by atoms with Gasteiger partial charge in [-0.05, 0) is 59.6 Å². The lowest BCUT2D eigenvalue weighted by Gasteiger charge is -2.51. The quantitative estimate of drug-likeness (QED) is 0.550. The number of pyridine rings is 1. The Labute approximate surface area is 213 Å². The molecule has 1 aromatic heterocycles. The smallest absolute Gasteiger partial charge is 0.278 e. The highest BCUT2D eigenvalue weighted by Crippen LogP contribution is 2.45. The van der Waals surface area contributed by atoms with E-state index in [0.717, 1.165) is 24.2 Å². The van der Waals surface area contributed by atoms with Crippen LogP contribution in [0.15, 0.2) is 58.4 Å². The van der Waals surface area contributed by atoms with E-state index >= 15 is 0 Å². The summed E-state index contributed by atoms with van der Waals surface area (Å²) < 4.78 is 7.60. The van der Waals surface area contributed by atoms with Crippen molar-refractivity contribution in [2.24, 2.45) is 0 Å². The van der Waals surface area contributed by atoms with E-state index in [0.29, 0.717) is 19.8 Å². The molecule has 4 heterocycles. The number of benzene rings is 2. The van der Waals surface area contributed by atoms with Crippen molar-refractivity contribution in [2.75, 3.05) is 24.8 Å². The highest BCUT2D eigenvalue weighted by atomic mass is 32.2. The van der Waals surface area contributed by atoms with Gasteiger partial charge in [-0.3, -0.25) is 19.3 Å². The molecule has 0 spiro atoms. The van der Waals surface area contributed by atoms with Gasteiger partial charge in [-0.15, -0.1) is 11.8 Å². The SMILES string of the molecule is O=C1c2c(O)c(=O)ccn2N(C2c3cc4c(cc3CSc3ccccc32)CCCC4)C2COCCN12. The molecule has 1 N–H and O–H groups in total. The molecule has 0 saturated carbocycles. The van der Waals surface area contributed by atoms with Gasteiger partial charge >= 0.3 is 0 Å². The first-order valence-electron chi connectivity index (χ1n) is 12.6. The number of aryl methyl sites for hydroxylation is 2. The minimum Gasteiger partial charge on any atom is -0.502 e. The zero-order chi connectivity index (χ0) is 24.4. The average molecular weight is 502 g/mol. The van der Waals surface area contributed by atoms with Crippen molar-refractivity contribution in [1.82, 2.24) is 9.58 Å². The third-order valence-corrected chi connectivity index (χ3v) is 9.07. The van der Waals surface area contributed by atoms with Gasteiger partial charge in [0.2, 0.25) is 5.43 Å². The summed E-state index contributed by atoms with van der Waals surface area (Å²) in [6.45, 7) is 1.18. The monoisotopic (exact) mass is 501 g/mol. The Morgan fingerprint density at radius 3 is 2.64 bits per heavy atom. The van der Waals surface area contributed by atoms with E-state index in [9.17, 15) is 14.7 Å². The standard InChI is InChI=1S/C28H27N3O4S/c32-22-9-10-30-26(27(22)33)28(34)29-11-12-35-15-24(29)31(30)25-20-7-3-4-8-23(20)36-16-19-13-17-5-1-2-6-18(17)14-21(19)25/h3-4,7-10,13-14,24-25,33H,1-2,5-6,11-12,15-16H2. The van der Waals surface area contributed by atoms with Crippen molar-refractivity contribution in [1.29, 1.82) is 0 Å². The summed E-state index contributed by atoms with van der Waals surface area (Å²) in [6, 6.07) is 14.3. The van der Waals surface area contributed by atoms with Crippen molar-refractivity contribution in [3.63, 3.8) is 0 Å². The molecule has 2 aromatic carbocycles. The van der Waals surface area contributed by atoms with E-state index in [1.807, 2.05) is 11.8 Å². The van der Waals surface area contributed by atoms with Gasteiger partial charge in [-0.25, -0.2) is 0 Å². The Balaban J connectivity index is 1.52. The Hall–Kier alpha value is -3.23. The number of nitrogens with zero attached hydrogens (tertiary/aromatic N) is 3. The molecule has 7 nitrogen and oxygen atoms in total. The van der Waals surface area contributed by atoms with Crippen LogP contribution in [-0.2, 0) is 23.3 Å². The lowest BCUT2D eigenvalue weighted by atomic mass is 9.85. The summed E-state index contributed by atoms with van der Waals surface area (Å²) >= 11 is 1.84. The molecule has 2 unspecified atom stereocenters. The molecule has 7 rings (SSSR count). The average Bonchev–Trinajstić information content (AvgIpc) is 3.06. The summed E-state index contributed by atoms with van der Waals surface area (Å²) in [5.41, 5.74) is 6.00. The Kier molecular flexibility index (Phi) is 5.15. The summed E-state index contributed by atoms with van der Waals surface area (Å²) in [5, 5.41) is 12.9. The van der Waals surface area contributed by atoms with Crippen LogP contribution in [0.1, 0.15) is 57.2 Å². The fourth-order valence-electron chi connectivity index (χ4n) is 6.21. The van der Waals surface area contributed by atoms with E-state index < -0.39 is 11.2 Å². The molecule has 36 heavy (non-hydrogen) atoms. The number of hydrogen-bond acceptors (Lipinski definition) is 6. The molecule has 0 radical (unpaired) electrons. The largest absolute Gasteiger partial charge is 0.502 e. The minimum atomic E-state index is -0.549. The number of thioether (sulfide) groups is 1. The molecule has 3 aromatic rings. The zero-order valence-corrected chi connectivity index (χ0v) is 20.7. The summed E-state index contributed by atoms with van der Waals surface area (Å²) in [5.74, 6) is 0.0341. The number of ether oxygens (including phenoxy) is 1. The number of aromatic hydroxyl groups is 1. The molecular formula is C28H27N3O4S. The molecule has 2 atom stereocenters. The molecule has 1 saturated heterocycles. The molecule has 8 heteroatoms. The Morgan fingerprint density at radius 1 is 0.972 bits per heavy atom. The Bertz CT molecular complexity index is 1450. The first-order chi connectivity index (χ1) is 17.6. The number of morpholine rings is 1. The Morgan fingerprint density at radius 2 is 1.78 bits per heavy atom. The fraction of sp³-hybridized carbons (Fsp3) is 0.357. The molecule has 184 valence electrons. The topological polar surface area (TPSA) is 75.0 Å². The fourth-order valence-corrected chi connectivity index (χ4v) is 7.29. The third kappa shape index (κ3) is 3.24. The maximum Gasteiger partial charge on any atom is 0.278 e. The third-order valence-electron chi connectivity index (χ3n) is 7.93. The number of amides is 1. The molecule has 1 amide bonds. The maximum absolute atomic E-state index is 13.5. The molecule has 1 fully saturated rings. The van der Waals surface area contributed by atoms with Crippen molar-refractivity contribution >= 4 is 17.7 Å². The number of rotatable bonds is 1. The second kappa shape index (κ2) is 8.42. The van der Waals surface area contributed by atoms with Crippen molar-refractivity contribution in [3.8, 4) is 5.75 Å². The number of aromatic nitrogens is 1. The second-order valence-electron chi connectivity index (χ2n) is 9.91.